The third-order valence-corrected chi connectivity index (χ3v) is 1.70. The molecule has 0 bridgehead atoms. The van der Waals surface area contributed by atoms with Crippen molar-refractivity contribution >= 4 is 0 Å². The fourth-order valence-electron chi connectivity index (χ4n) is 0.691. The van der Waals surface area contributed by atoms with Crippen molar-refractivity contribution in [2.24, 2.45) is 0 Å². The molecule has 0 atom stereocenters. The third-order valence-electron chi connectivity index (χ3n) is 1.70. The monoisotopic (exact) mass is 238 g/mol. The van der Waals surface area contributed by atoms with Crippen LogP contribution in [0.4, 0.5) is 26.3 Å². The van der Waals surface area contributed by atoms with E-state index in [9.17, 15) is 26.3 Å². The lowest BCUT2D eigenvalue weighted by Crippen LogP contribution is -2.54. The van der Waals surface area contributed by atoms with E-state index in [1.54, 1.807) is 6.92 Å². The Morgan fingerprint density at radius 1 is 1.00 bits per heavy atom. The molecule has 0 N–H and O–H groups in total. The van der Waals surface area contributed by atoms with Crippen LogP contribution in [-0.2, 0) is 4.74 Å². The summed E-state index contributed by atoms with van der Waals surface area (Å²) >= 11 is 0. The summed E-state index contributed by atoms with van der Waals surface area (Å²) in [5, 5.41) is 0. The third kappa shape index (κ3) is 3.25. The van der Waals surface area contributed by atoms with Gasteiger partial charge in [0, 0.05) is 6.92 Å². The summed E-state index contributed by atoms with van der Waals surface area (Å²) in [5.41, 5.74) is 0. The standard InChI is InChI=1S/C8H12F6O/c1-3-4-5-15-8(13,14)7(11,12)6(2,9)10/h3-5H2,1-2H3. The molecule has 0 aliphatic heterocycles. The first-order valence-corrected chi connectivity index (χ1v) is 4.33. The summed E-state index contributed by atoms with van der Waals surface area (Å²) in [7, 11) is 0. The molecule has 0 unspecified atom stereocenters. The first-order chi connectivity index (χ1) is 6.56. The van der Waals surface area contributed by atoms with Gasteiger partial charge in [0.05, 0.1) is 6.61 Å². The molecule has 0 aromatic heterocycles. The van der Waals surface area contributed by atoms with Crippen LogP contribution >= 0.6 is 0 Å². The van der Waals surface area contributed by atoms with E-state index >= 15 is 0 Å². The van der Waals surface area contributed by atoms with Crippen molar-refractivity contribution in [2.75, 3.05) is 6.61 Å². The van der Waals surface area contributed by atoms with E-state index in [2.05, 4.69) is 4.74 Å². The Balaban J connectivity index is 4.56. The van der Waals surface area contributed by atoms with Gasteiger partial charge in [-0.2, -0.15) is 26.3 Å². The van der Waals surface area contributed by atoms with Crippen LogP contribution in [0.5, 0.6) is 0 Å². The van der Waals surface area contributed by atoms with E-state index in [1.807, 2.05) is 0 Å². The number of ether oxygens (including phenoxy) is 1. The maximum absolute atomic E-state index is 12.6. The fraction of sp³-hybridized carbons (Fsp3) is 1.00. The summed E-state index contributed by atoms with van der Waals surface area (Å²) < 4.78 is 78.0. The second kappa shape index (κ2) is 4.59. The molecule has 0 aromatic rings. The molecule has 92 valence electrons. The number of hydrogen-bond donors (Lipinski definition) is 0. The molecule has 0 fully saturated rings. The number of hydrogen-bond acceptors (Lipinski definition) is 1. The fourth-order valence-corrected chi connectivity index (χ4v) is 0.691. The topological polar surface area (TPSA) is 9.23 Å². The highest BCUT2D eigenvalue weighted by molar-refractivity contribution is 4.88. The molecule has 15 heavy (non-hydrogen) atoms. The van der Waals surface area contributed by atoms with Gasteiger partial charge in [0.2, 0.25) is 0 Å². The zero-order valence-corrected chi connectivity index (χ0v) is 8.30. The maximum Gasteiger partial charge on any atom is 0.425 e. The highest BCUT2D eigenvalue weighted by Crippen LogP contribution is 2.45. The van der Waals surface area contributed by atoms with E-state index in [0.29, 0.717) is 6.42 Å². The molecule has 7 heteroatoms. The van der Waals surface area contributed by atoms with Gasteiger partial charge in [-0.1, -0.05) is 13.3 Å². The molecule has 0 saturated carbocycles. The van der Waals surface area contributed by atoms with Gasteiger partial charge in [-0.15, -0.1) is 0 Å². The average Bonchev–Trinajstić information content (AvgIpc) is 2.02. The quantitative estimate of drug-likeness (QED) is 0.506. The number of unbranched alkanes of at least 4 members (excludes halogenated alkanes) is 1. The zero-order chi connectivity index (χ0) is 12.3. The Kier molecular flexibility index (Phi) is 4.45. The van der Waals surface area contributed by atoms with E-state index in [0.717, 1.165) is 0 Å². The van der Waals surface area contributed by atoms with Crippen LogP contribution in [-0.4, -0.2) is 24.6 Å². The van der Waals surface area contributed by atoms with Gasteiger partial charge in [-0.25, -0.2) is 0 Å². The summed E-state index contributed by atoms with van der Waals surface area (Å²) in [5.74, 6) is -10.3. The summed E-state index contributed by atoms with van der Waals surface area (Å²) in [6.45, 7) is 0.660. The Morgan fingerprint density at radius 3 is 1.80 bits per heavy atom. The van der Waals surface area contributed by atoms with Gasteiger partial charge >= 0.3 is 18.0 Å². The molecule has 0 amide bonds. The van der Waals surface area contributed by atoms with E-state index in [-0.39, 0.29) is 13.3 Å². The van der Waals surface area contributed by atoms with Gasteiger partial charge in [0.1, 0.15) is 0 Å². The van der Waals surface area contributed by atoms with Crippen molar-refractivity contribution in [3.8, 4) is 0 Å². The van der Waals surface area contributed by atoms with Gasteiger partial charge < -0.3 is 4.74 Å². The molecule has 1 nitrogen and oxygen atoms in total. The van der Waals surface area contributed by atoms with E-state index < -0.39 is 24.6 Å². The molecule has 0 aliphatic rings. The zero-order valence-electron chi connectivity index (χ0n) is 8.30. The van der Waals surface area contributed by atoms with Gasteiger partial charge in [0.25, 0.3) is 0 Å². The van der Waals surface area contributed by atoms with Crippen LogP contribution in [0.25, 0.3) is 0 Å². The molecule has 0 radical (unpaired) electrons. The summed E-state index contributed by atoms with van der Waals surface area (Å²) in [6.07, 6.45) is -4.62. The van der Waals surface area contributed by atoms with Crippen LogP contribution in [0.2, 0.25) is 0 Å². The smallest absolute Gasteiger partial charge is 0.316 e. The minimum atomic E-state index is -5.51. The predicted molar refractivity (Wildman–Crippen MR) is 41.4 cm³/mol. The van der Waals surface area contributed by atoms with Crippen molar-refractivity contribution in [2.45, 2.75) is 44.6 Å². The molecule has 0 aromatic carbocycles. The molecule has 0 saturated heterocycles. The second-order valence-electron chi connectivity index (χ2n) is 3.18. The summed E-state index contributed by atoms with van der Waals surface area (Å²) in [6, 6.07) is 0. The highest BCUT2D eigenvalue weighted by atomic mass is 19.3. The first-order valence-electron chi connectivity index (χ1n) is 4.33. The van der Waals surface area contributed by atoms with Gasteiger partial charge in [-0.3, -0.25) is 0 Å². The maximum atomic E-state index is 12.6. The highest BCUT2D eigenvalue weighted by Gasteiger charge is 2.70. The van der Waals surface area contributed by atoms with Crippen molar-refractivity contribution in [1.29, 1.82) is 0 Å². The van der Waals surface area contributed by atoms with Crippen LogP contribution in [0.15, 0.2) is 0 Å². The molecule has 0 spiro atoms. The second-order valence-corrected chi connectivity index (χ2v) is 3.18. The van der Waals surface area contributed by atoms with Crippen molar-refractivity contribution in [1.82, 2.24) is 0 Å². The van der Waals surface area contributed by atoms with E-state index in [4.69, 9.17) is 0 Å². The van der Waals surface area contributed by atoms with Crippen LogP contribution in [0, 0.1) is 0 Å². The minimum Gasteiger partial charge on any atom is -0.316 e. The molecular formula is C8H12F6O. The molecule has 0 rings (SSSR count). The van der Waals surface area contributed by atoms with Crippen LogP contribution in [0.3, 0.4) is 0 Å². The van der Waals surface area contributed by atoms with Crippen molar-refractivity contribution in [3.63, 3.8) is 0 Å². The lowest BCUT2D eigenvalue weighted by molar-refractivity contribution is -0.394. The van der Waals surface area contributed by atoms with Crippen LogP contribution < -0.4 is 0 Å². The normalized spacial score (nSPS) is 14.4. The molecular weight excluding hydrogens is 226 g/mol. The number of rotatable bonds is 6. The predicted octanol–water partition coefficient (Wildman–Crippen LogP) is 3.69. The summed E-state index contributed by atoms with van der Waals surface area (Å²) in [4.78, 5) is 0. The Bertz CT molecular complexity index is 198. The molecule has 0 aliphatic carbocycles. The lowest BCUT2D eigenvalue weighted by atomic mass is 10.2. The van der Waals surface area contributed by atoms with Gasteiger partial charge in [0.15, 0.2) is 0 Å². The average molecular weight is 238 g/mol. The van der Waals surface area contributed by atoms with Gasteiger partial charge in [-0.05, 0) is 6.42 Å². The lowest BCUT2D eigenvalue weighted by Gasteiger charge is -2.30. The van der Waals surface area contributed by atoms with Crippen molar-refractivity contribution < 1.29 is 31.1 Å². The Hall–Kier alpha value is -0.460. The number of halogens is 6. The SMILES string of the molecule is CCCCOC(F)(F)C(F)(F)C(C)(F)F. The van der Waals surface area contributed by atoms with Crippen LogP contribution in [0.1, 0.15) is 26.7 Å². The largest absolute Gasteiger partial charge is 0.425 e. The minimum absolute atomic E-state index is 0.0982. The van der Waals surface area contributed by atoms with E-state index in [1.165, 1.54) is 0 Å². The van der Waals surface area contributed by atoms with Crippen molar-refractivity contribution in [3.05, 3.63) is 0 Å². The Morgan fingerprint density at radius 2 is 1.47 bits per heavy atom. The molecule has 0 heterocycles. The number of alkyl halides is 6. The first kappa shape index (κ1) is 14.5. The Labute approximate surface area is 83.4 Å².